The van der Waals surface area contributed by atoms with Crippen molar-refractivity contribution in [3.63, 3.8) is 0 Å². The molecule has 0 aliphatic rings. The number of hydrogen-bond acceptors (Lipinski definition) is 11. The van der Waals surface area contributed by atoms with Crippen molar-refractivity contribution >= 4 is 144 Å². The van der Waals surface area contributed by atoms with Crippen LogP contribution in [0.4, 0.5) is 0 Å². The molecule has 0 radical (unpaired) electrons. The van der Waals surface area contributed by atoms with Crippen molar-refractivity contribution in [2.24, 2.45) is 5.73 Å². The summed E-state index contributed by atoms with van der Waals surface area (Å²) >= 11 is 36.6. The number of carbonyl (C=O) groups excluding carboxylic acids is 7. The Morgan fingerprint density at radius 2 is 0.784 bits per heavy atom. The molecule has 8 aromatic rings. The van der Waals surface area contributed by atoms with Crippen LogP contribution in [-0.2, 0) is 67.8 Å². The van der Waals surface area contributed by atoms with Crippen LogP contribution in [0.15, 0.2) is 194 Å². The van der Waals surface area contributed by atoms with Crippen LogP contribution in [0.5, 0.6) is 0 Å². The first-order chi connectivity index (χ1) is 44.5. The van der Waals surface area contributed by atoms with Gasteiger partial charge in [-0.15, -0.1) is 0 Å². The second-order valence-corrected chi connectivity index (χ2v) is 23.9. The summed E-state index contributed by atoms with van der Waals surface area (Å²) < 4.78 is 10.7. The maximum absolute atomic E-state index is 13.4. The number of ether oxygens (including phenoxy) is 2. The molecule has 8 aromatic carbocycles. The Balaban J connectivity index is 0.000000532. The molecule has 0 aliphatic heterocycles. The van der Waals surface area contributed by atoms with Gasteiger partial charge in [0.15, 0.2) is 11.6 Å². The quantitative estimate of drug-likeness (QED) is 0.0323. The fraction of sp³-hybridized carbons (Fsp3) is 0.243. The summed E-state index contributed by atoms with van der Waals surface area (Å²) in [4.78, 5) is 103. The highest BCUT2D eigenvalue weighted by molar-refractivity contribution is 7.59. The van der Waals surface area contributed by atoms with Crippen LogP contribution in [0.25, 0.3) is 0 Å². The van der Waals surface area contributed by atoms with E-state index in [9.17, 15) is 38.4 Å². The number of aryl methyl sites for hydroxylation is 2. The van der Waals surface area contributed by atoms with E-state index in [4.69, 9.17) is 89.9 Å². The van der Waals surface area contributed by atoms with Crippen LogP contribution >= 0.6 is 96.6 Å². The van der Waals surface area contributed by atoms with E-state index in [2.05, 4.69) is 5.32 Å². The van der Waals surface area contributed by atoms with E-state index in [1.165, 1.54) is 24.3 Å². The van der Waals surface area contributed by atoms with Crippen LogP contribution < -0.4 is 11.1 Å². The van der Waals surface area contributed by atoms with E-state index in [1.807, 2.05) is 133 Å². The van der Waals surface area contributed by atoms with Crippen molar-refractivity contribution in [1.82, 2.24) is 15.1 Å². The number of ketones is 2. The number of carboxylic acid groups (broad SMARTS) is 1. The number of esters is 2. The highest BCUT2D eigenvalue weighted by Gasteiger charge is 2.28. The number of rotatable bonds is 27. The first kappa shape index (κ1) is 85.4. The first-order valence-electron chi connectivity index (χ1n) is 29.3. The average molecular weight is 1480 g/mol. The van der Waals surface area contributed by atoms with Gasteiger partial charge in [-0.2, -0.15) is 27.0 Å². The number of Topliss-reactive ketones (excluding diaryl/α,β-unsaturated/α-hetero) is 2. The molecule has 516 valence electrons. The monoisotopic (exact) mass is 1470 g/mol. The summed E-state index contributed by atoms with van der Waals surface area (Å²) in [6, 6.07) is 55.7. The van der Waals surface area contributed by atoms with Gasteiger partial charge in [0.25, 0.3) is 5.91 Å². The Kier molecular flexibility index (Phi) is 39.0. The smallest absolute Gasteiger partial charge is 0.338 e. The van der Waals surface area contributed by atoms with Gasteiger partial charge >= 0.3 is 17.9 Å². The number of hydrogen-bond donors (Lipinski definition) is 3. The number of nitrogens with zero attached hydrogens (tertiary/aromatic N) is 2. The van der Waals surface area contributed by atoms with E-state index in [1.54, 1.807) is 60.3 Å². The zero-order valence-corrected chi connectivity index (χ0v) is 58.4. The molecule has 0 bridgehead atoms. The molecule has 0 aromatic heterocycles. The number of nitrogens with one attached hydrogen (secondary N) is 1. The number of carbonyl (C=O) groups is 8. The zero-order valence-electron chi connectivity index (χ0n) is 51.9. The molecule has 0 saturated heterocycles. The highest BCUT2D eigenvalue weighted by atomic mass is 35.5. The van der Waals surface area contributed by atoms with E-state index >= 15 is 0 Å². The van der Waals surface area contributed by atoms with Gasteiger partial charge in [0.05, 0.1) is 31.2 Å². The number of amides is 3. The lowest BCUT2D eigenvalue weighted by Crippen LogP contribution is -2.43. The number of halogens is 6. The maximum Gasteiger partial charge on any atom is 0.338 e. The van der Waals surface area contributed by atoms with Crippen molar-refractivity contribution in [1.29, 1.82) is 0 Å². The highest BCUT2D eigenvalue weighted by Crippen LogP contribution is 2.30. The minimum absolute atomic E-state index is 0. The van der Waals surface area contributed by atoms with Crippen molar-refractivity contribution in [3.05, 3.63) is 280 Å². The topological polar surface area (TPSA) is 220 Å². The molecule has 0 unspecified atom stereocenters. The Bertz CT molecular complexity index is 3820. The Morgan fingerprint density at radius 1 is 0.443 bits per heavy atom. The molecule has 3 amide bonds. The minimum atomic E-state index is -1.23. The molecule has 0 heterocycles. The number of aromatic carboxylic acids is 1. The fourth-order valence-corrected chi connectivity index (χ4v) is 10.9. The lowest BCUT2D eigenvalue weighted by molar-refractivity contribution is -0.148. The van der Waals surface area contributed by atoms with Gasteiger partial charge in [-0.05, 0) is 108 Å². The molecule has 0 fully saturated rings. The molecule has 0 saturated carbocycles. The van der Waals surface area contributed by atoms with E-state index in [-0.39, 0.29) is 154 Å². The molecule has 8 rings (SSSR count). The lowest BCUT2D eigenvalue weighted by atomic mass is 10.0. The van der Waals surface area contributed by atoms with Crippen molar-refractivity contribution in [2.75, 3.05) is 14.1 Å². The summed E-state index contributed by atoms with van der Waals surface area (Å²) in [5.41, 5.74) is 11.6. The van der Waals surface area contributed by atoms with E-state index < -0.39 is 35.9 Å². The molecule has 0 spiro atoms. The summed E-state index contributed by atoms with van der Waals surface area (Å²) in [5.74, 6) is -3.80. The van der Waals surface area contributed by atoms with Gasteiger partial charge in [0.1, 0.15) is 25.3 Å². The molecular weight excluding hydrogens is 1400 g/mol. The SMILES string of the molecule is C.C.CN(Cc1ccccc1)C(=O)CC[C@H](N)C(=O)OCc1ccccc1.CN(Cc1ccccc1)C(=O)CC[C@H](NC(=O)c1c(Cl)cc(C(=O)CCc2cccc(Cl)c2)cc1Cl)C(=O)OCc1ccccc1.O=C(CCc1cccc(Cl)c1)c1cc(Cl)c(C(=O)O)c(Cl)c1.S.S. The van der Waals surface area contributed by atoms with Gasteiger partial charge in [-0.1, -0.05) is 230 Å². The average Bonchev–Trinajstić information content (AvgIpc) is 0.834. The largest absolute Gasteiger partial charge is 0.478 e. The summed E-state index contributed by atoms with van der Waals surface area (Å²) in [7, 11) is 3.42. The standard InChI is InChI=1S/C36H33Cl3N2O5.C20H24N2O3.C16H11Cl3O3.2CH4.2H2S/c1-41(22-25-9-4-2-5-10-25)33(43)18-16-31(36(45)46-23-26-11-6-3-7-12-26)40-35(44)34-29(38)20-27(21-30(34)39)32(42)17-15-24-13-8-14-28(37)19-24;1-22(14-16-8-4-2-5-9-16)19(23)13-12-18(21)20(24)25-15-17-10-6-3-7-11-17;17-11-3-1-2-9(6-11)4-5-14(20)10-7-12(18)15(16(21)22)13(19)8-10;;;;/h2-14,19-21,31H,15-18,22-23H2,1H3,(H,40,44);2-11,18H,12-15,21H2,1H3;1-3,6-8H,4-5H2,(H,21,22);2*1H4;2*1H2/t31-;18-;;;;;/m00...../s1. The second kappa shape index (κ2) is 44.3. The van der Waals surface area contributed by atoms with Gasteiger partial charge in [0.2, 0.25) is 11.8 Å². The van der Waals surface area contributed by atoms with Crippen LogP contribution in [0.1, 0.15) is 128 Å². The first-order valence-corrected chi connectivity index (χ1v) is 31.6. The predicted molar refractivity (Wildman–Crippen MR) is 398 cm³/mol. The zero-order chi connectivity index (χ0) is 67.4. The Labute approximate surface area is 611 Å². The van der Waals surface area contributed by atoms with Crippen LogP contribution in [0, 0.1) is 0 Å². The lowest BCUT2D eigenvalue weighted by Gasteiger charge is -2.21. The number of benzene rings is 8. The minimum Gasteiger partial charge on any atom is -0.478 e. The van der Waals surface area contributed by atoms with Crippen molar-refractivity contribution < 1.29 is 52.9 Å². The van der Waals surface area contributed by atoms with Crippen LogP contribution in [0.2, 0.25) is 30.1 Å². The Morgan fingerprint density at radius 3 is 1.15 bits per heavy atom. The predicted octanol–water partition coefficient (Wildman–Crippen LogP) is 16.9. The molecule has 23 heteroatoms. The normalized spacial score (nSPS) is 10.8. The van der Waals surface area contributed by atoms with Gasteiger partial charge < -0.3 is 35.4 Å². The summed E-state index contributed by atoms with van der Waals surface area (Å²) in [6.45, 7) is 1.11. The van der Waals surface area contributed by atoms with Gasteiger partial charge in [-0.25, -0.2) is 9.59 Å². The molecule has 2 atom stereocenters. The van der Waals surface area contributed by atoms with Gasteiger partial charge in [0, 0.05) is 74.0 Å². The van der Waals surface area contributed by atoms with E-state index in [0.29, 0.717) is 41.5 Å². The molecule has 97 heavy (non-hydrogen) atoms. The van der Waals surface area contributed by atoms with Crippen LogP contribution in [0.3, 0.4) is 0 Å². The Hall–Kier alpha value is -7.68. The maximum atomic E-state index is 13.4. The molecule has 4 N–H and O–H groups in total. The fourth-order valence-electron chi connectivity index (χ4n) is 9.16. The van der Waals surface area contributed by atoms with Crippen LogP contribution in [-0.4, -0.2) is 88.3 Å². The molecular formula is C74H80Cl6N4O11S2. The number of nitrogens with two attached hydrogens (primary N) is 1. The van der Waals surface area contributed by atoms with E-state index in [0.717, 1.165) is 33.4 Å². The van der Waals surface area contributed by atoms with Gasteiger partial charge in [-0.3, -0.25) is 28.8 Å². The third-order valence-electron chi connectivity index (χ3n) is 14.3. The molecule has 15 nitrogen and oxygen atoms in total. The number of carboxylic acids is 1. The second-order valence-electron chi connectivity index (χ2n) is 21.4. The third-order valence-corrected chi connectivity index (χ3v) is 15.9. The van der Waals surface area contributed by atoms with Crippen molar-refractivity contribution in [2.45, 2.75) is 105 Å². The summed E-state index contributed by atoms with van der Waals surface area (Å²) in [6.07, 6.45) is 1.84. The molecule has 0 aliphatic carbocycles. The summed E-state index contributed by atoms with van der Waals surface area (Å²) in [5, 5.41) is 12.6. The van der Waals surface area contributed by atoms with Crippen molar-refractivity contribution in [3.8, 4) is 0 Å². The third kappa shape index (κ3) is 29.1.